The monoisotopic (exact) mass is 268 g/mol. The standard InChI is InChI=1S/C15H28N2O2/c1-15(2,3)19-14(18)17-10-5-4-7-13(11-17)16-12-8-6-9-12/h12-13,16H,4-11H2,1-3H3/t13-/m1/s1. The van der Waals surface area contributed by atoms with E-state index in [1.54, 1.807) is 0 Å². The van der Waals surface area contributed by atoms with Crippen molar-refractivity contribution in [3.8, 4) is 0 Å². The van der Waals surface area contributed by atoms with Crippen LogP contribution in [0.4, 0.5) is 4.79 Å². The molecule has 0 radical (unpaired) electrons. The lowest BCUT2D eigenvalue weighted by Gasteiger charge is -2.33. The first-order valence-electron chi connectivity index (χ1n) is 7.68. The number of nitrogens with one attached hydrogen (secondary N) is 1. The molecule has 0 spiro atoms. The molecule has 2 rings (SSSR count). The maximum Gasteiger partial charge on any atom is 0.410 e. The summed E-state index contributed by atoms with van der Waals surface area (Å²) < 4.78 is 5.49. The third-order valence-electron chi connectivity index (χ3n) is 3.90. The first-order chi connectivity index (χ1) is 8.94. The van der Waals surface area contributed by atoms with Crippen molar-refractivity contribution >= 4 is 6.09 Å². The van der Waals surface area contributed by atoms with E-state index in [0.29, 0.717) is 12.1 Å². The van der Waals surface area contributed by atoms with E-state index in [2.05, 4.69) is 5.32 Å². The van der Waals surface area contributed by atoms with Gasteiger partial charge in [0.15, 0.2) is 0 Å². The second kappa shape index (κ2) is 6.12. The Morgan fingerprint density at radius 3 is 2.37 bits per heavy atom. The second-order valence-corrected chi connectivity index (χ2v) is 6.91. The summed E-state index contributed by atoms with van der Waals surface area (Å²) in [5.41, 5.74) is -0.402. The average molecular weight is 268 g/mol. The number of likely N-dealkylation sites (tertiary alicyclic amines) is 1. The molecule has 2 fully saturated rings. The molecule has 2 aliphatic rings. The summed E-state index contributed by atoms with van der Waals surface area (Å²) >= 11 is 0. The lowest BCUT2D eigenvalue weighted by molar-refractivity contribution is 0.0239. The van der Waals surface area contributed by atoms with Crippen molar-refractivity contribution in [2.75, 3.05) is 13.1 Å². The number of carbonyl (C=O) groups is 1. The molecule has 19 heavy (non-hydrogen) atoms. The van der Waals surface area contributed by atoms with Crippen molar-refractivity contribution < 1.29 is 9.53 Å². The zero-order chi connectivity index (χ0) is 13.9. The molecule has 1 atom stereocenters. The molecule has 1 aliphatic carbocycles. The van der Waals surface area contributed by atoms with E-state index in [1.807, 2.05) is 25.7 Å². The first-order valence-corrected chi connectivity index (χ1v) is 7.68. The third-order valence-corrected chi connectivity index (χ3v) is 3.90. The van der Waals surface area contributed by atoms with E-state index in [0.717, 1.165) is 19.5 Å². The van der Waals surface area contributed by atoms with Crippen LogP contribution in [0.15, 0.2) is 0 Å². The predicted octanol–water partition coefficient (Wildman–Crippen LogP) is 2.92. The van der Waals surface area contributed by atoms with Gasteiger partial charge in [0.2, 0.25) is 0 Å². The van der Waals surface area contributed by atoms with Crippen LogP contribution < -0.4 is 5.32 Å². The van der Waals surface area contributed by atoms with Gasteiger partial charge >= 0.3 is 6.09 Å². The van der Waals surface area contributed by atoms with Crippen LogP contribution in [-0.4, -0.2) is 41.8 Å². The zero-order valence-corrected chi connectivity index (χ0v) is 12.6. The Labute approximate surface area is 116 Å². The molecular formula is C15H28N2O2. The predicted molar refractivity (Wildman–Crippen MR) is 76.2 cm³/mol. The molecule has 0 unspecified atom stereocenters. The molecule has 1 saturated carbocycles. The molecule has 110 valence electrons. The number of nitrogens with zero attached hydrogens (tertiary/aromatic N) is 1. The van der Waals surface area contributed by atoms with Gasteiger partial charge in [-0.2, -0.15) is 0 Å². The first kappa shape index (κ1) is 14.6. The van der Waals surface area contributed by atoms with Crippen LogP contribution in [0, 0.1) is 0 Å². The number of amides is 1. The number of carbonyl (C=O) groups excluding carboxylic acids is 1. The number of ether oxygens (including phenoxy) is 1. The van der Waals surface area contributed by atoms with Crippen molar-refractivity contribution in [1.82, 2.24) is 10.2 Å². The lowest BCUT2D eigenvalue weighted by Crippen LogP contribution is -2.49. The molecule has 0 aromatic rings. The minimum atomic E-state index is -0.402. The SMILES string of the molecule is CC(C)(C)OC(=O)N1CCCC[C@@H](NC2CCC2)C1. The maximum atomic E-state index is 12.2. The summed E-state index contributed by atoms with van der Waals surface area (Å²) in [7, 11) is 0. The summed E-state index contributed by atoms with van der Waals surface area (Å²) in [6.07, 6.45) is 7.24. The normalized spacial score (nSPS) is 25.6. The Kier molecular flexibility index (Phi) is 4.71. The number of hydrogen-bond acceptors (Lipinski definition) is 3. The highest BCUT2D eigenvalue weighted by atomic mass is 16.6. The van der Waals surface area contributed by atoms with Crippen molar-refractivity contribution in [2.24, 2.45) is 0 Å². The van der Waals surface area contributed by atoms with E-state index < -0.39 is 5.60 Å². The van der Waals surface area contributed by atoms with E-state index >= 15 is 0 Å². The molecule has 0 aromatic heterocycles. The molecular weight excluding hydrogens is 240 g/mol. The molecule has 1 saturated heterocycles. The summed E-state index contributed by atoms with van der Waals surface area (Å²) in [5, 5.41) is 3.69. The minimum absolute atomic E-state index is 0.158. The van der Waals surface area contributed by atoms with Crippen molar-refractivity contribution in [1.29, 1.82) is 0 Å². The Balaban J connectivity index is 1.86. The van der Waals surface area contributed by atoms with Crippen molar-refractivity contribution in [2.45, 2.75) is 77.0 Å². The van der Waals surface area contributed by atoms with Crippen LogP contribution in [0.2, 0.25) is 0 Å². The van der Waals surface area contributed by atoms with Gasteiger partial charge in [-0.15, -0.1) is 0 Å². The highest BCUT2D eigenvalue weighted by Gasteiger charge is 2.28. The number of rotatable bonds is 2. The van der Waals surface area contributed by atoms with Crippen LogP contribution in [0.1, 0.15) is 59.3 Å². The van der Waals surface area contributed by atoms with Gasteiger partial charge in [-0.3, -0.25) is 0 Å². The second-order valence-electron chi connectivity index (χ2n) is 6.91. The van der Waals surface area contributed by atoms with Crippen LogP contribution >= 0.6 is 0 Å². The van der Waals surface area contributed by atoms with Crippen LogP contribution in [0.3, 0.4) is 0 Å². The van der Waals surface area contributed by atoms with Gasteiger partial charge in [0, 0.05) is 25.2 Å². The molecule has 0 aromatic carbocycles. The smallest absolute Gasteiger partial charge is 0.410 e. The minimum Gasteiger partial charge on any atom is -0.444 e. The zero-order valence-electron chi connectivity index (χ0n) is 12.6. The number of hydrogen-bond donors (Lipinski definition) is 1. The van der Waals surface area contributed by atoms with Crippen LogP contribution in [-0.2, 0) is 4.74 Å². The van der Waals surface area contributed by atoms with Gasteiger partial charge in [0.25, 0.3) is 0 Å². The summed E-state index contributed by atoms with van der Waals surface area (Å²) in [6.45, 7) is 7.40. The van der Waals surface area contributed by atoms with Gasteiger partial charge in [0.05, 0.1) is 0 Å². The van der Waals surface area contributed by atoms with Gasteiger partial charge < -0.3 is 15.0 Å². The Morgan fingerprint density at radius 1 is 1.11 bits per heavy atom. The maximum absolute atomic E-state index is 12.2. The fourth-order valence-corrected chi connectivity index (χ4v) is 2.68. The van der Waals surface area contributed by atoms with E-state index in [-0.39, 0.29) is 6.09 Å². The molecule has 0 bridgehead atoms. The quantitative estimate of drug-likeness (QED) is 0.837. The van der Waals surface area contributed by atoms with Crippen LogP contribution in [0.25, 0.3) is 0 Å². The topological polar surface area (TPSA) is 41.6 Å². The highest BCUT2D eigenvalue weighted by Crippen LogP contribution is 2.21. The van der Waals surface area contributed by atoms with Gasteiger partial charge in [-0.1, -0.05) is 12.8 Å². The van der Waals surface area contributed by atoms with Gasteiger partial charge in [0.1, 0.15) is 5.60 Å². The van der Waals surface area contributed by atoms with Crippen molar-refractivity contribution in [3.05, 3.63) is 0 Å². The molecule has 4 heteroatoms. The lowest BCUT2D eigenvalue weighted by atomic mass is 9.92. The summed E-state index contributed by atoms with van der Waals surface area (Å²) in [4.78, 5) is 14.0. The van der Waals surface area contributed by atoms with Gasteiger partial charge in [-0.25, -0.2) is 4.79 Å². The Morgan fingerprint density at radius 2 is 1.79 bits per heavy atom. The largest absolute Gasteiger partial charge is 0.444 e. The summed E-state index contributed by atoms with van der Waals surface area (Å²) in [5.74, 6) is 0. The fourth-order valence-electron chi connectivity index (χ4n) is 2.68. The Bertz CT molecular complexity index is 308. The fraction of sp³-hybridized carbons (Fsp3) is 0.933. The molecule has 4 nitrogen and oxygen atoms in total. The molecule has 1 heterocycles. The van der Waals surface area contributed by atoms with E-state index in [1.165, 1.54) is 32.1 Å². The molecule has 1 amide bonds. The highest BCUT2D eigenvalue weighted by molar-refractivity contribution is 5.68. The molecule has 1 aliphatic heterocycles. The summed E-state index contributed by atoms with van der Waals surface area (Å²) in [6, 6.07) is 1.13. The average Bonchev–Trinajstić information content (AvgIpc) is 2.46. The molecule has 1 N–H and O–H groups in total. The van der Waals surface area contributed by atoms with E-state index in [4.69, 9.17) is 4.74 Å². The Hall–Kier alpha value is -0.770. The third kappa shape index (κ3) is 4.68. The van der Waals surface area contributed by atoms with Gasteiger partial charge in [-0.05, 0) is 46.5 Å². The van der Waals surface area contributed by atoms with Crippen molar-refractivity contribution in [3.63, 3.8) is 0 Å². The van der Waals surface area contributed by atoms with E-state index in [9.17, 15) is 4.79 Å². The van der Waals surface area contributed by atoms with Crippen LogP contribution in [0.5, 0.6) is 0 Å².